The molecule has 1 aliphatic rings. The third kappa shape index (κ3) is 4.03. The largest absolute Gasteiger partial charge is 0.398 e. The van der Waals surface area contributed by atoms with Crippen molar-refractivity contribution >= 4 is 27.6 Å². The average Bonchev–Trinajstić information content (AvgIpc) is 3.40. The summed E-state index contributed by atoms with van der Waals surface area (Å²) in [7, 11) is 0. The van der Waals surface area contributed by atoms with Gasteiger partial charge in [0.15, 0.2) is 0 Å². The van der Waals surface area contributed by atoms with Crippen molar-refractivity contribution in [2.45, 2.75) is 19.5 Å². The lowest BCUT2D eigenvalue weighted by Gasteiger charge is -2.23. The number of aryl methyl sites for hydroxylation is 1. The molecule has 1 atom stereocenters. The minimum atomic E-state index is -0.0638. The van der Waals surface area contributed by atoms with Crippen LogP contribution in [0, 0.1) is 0 Å². The molecular weight excluding hydrogens is 490 g/mol. The fourth-order valence-electron chi connectivity index (χ4n) is 5.71. The van der Waals surface area contributed by atoms with Gasteiger partial charge in [-0.05, 0) is 60.7 Å². The Bertz CT molecular complexity index is 1950. The number of hydrogen-bond donors (Lipinski definition) is 2. The van der Waals surface area contributed by atoms with Crippen LogP contribution in [0.25, 0.3) is 55.7 Å². The number of benzene rings is 4. The summed E-state index contributed by atoms with van der Waals surface area (Å²) in [6.45, 7) is 3.02. The average molecular weight is 520 g/mol. The highest BCUT2D eigenvalue weighted by atomic mass is 15.1. The lowest BCUT2D eigenvalue weighted by atomic mass is 9.93. The Kier molecular flexibility index (Phi) is 5.90. The van der Waals surface area contributed by atoms with Crippen molar-refractivity contribution in [2.24, 2.45) is 0 Å². The standard InChI is InChI=1S/C35H29N5/c1-2-40-31-19-6-5-17-29(31)39-35(40)26-14-10-12-24(22-26)23-11-9-13-25(21-23)34-32(30-18-7-8-20-37-30)33(36)27-15-3-4-16-28(27)38-34/h3-22,30,37H,2H2,1H3,(H2,36,38)/t30-/m0/s1. The number of nitrogens with two attached hydrogens (primary N) is 1. The zero-order valence-corrected chi connectivity index (χ0v) is 22.3. The number of pyridine rings is 1. The number of anilines is 1. The molecule has 0 saturated heterocycles. The molecule has 6 aromatic rings. The zero-order valence-electron chi connectivity index (χ0n) is 22.3. The SMILES string of the molecule is CCn1c(-c2cccc(-c3cccc(-c4nc5ccccc5c(N)c4[C@@H]4C=CC=CN4)c3)c2)nc2ccccc21. The van der Waals surface area contributed by atoms with E-state index in [1.807, 2.05) is 48.7 Å². The molecule has 0 fully saturated rings. The van der Waals surface area contributed by atoms with Gasteiger partial charge in [-0.2, -0.15) is 0 Å². The fourth-order valence-corrected chi connectivity index (χ4v) is 5.71. The molecule has 4 aromatic carbocycles. The number of nitrogens with zero attached hydrogens (tertiary/aromatic N) is 3. The van der Waals surface area contributed by atoms with E-state index in [4.69, 9.17) is 15.7 Å². The van der Waals surface area contributed by atoms with E-state index in [2.05, 4.69) is 89.6 Å². The van der Waals surface area contributed by atoms with E-state index < -0.39 is 0 Å². The zero-order chi connectivity index (χ0) is 27.1. The Morgan fingerprint density at radius 3 is 2.23 bits per heavy atom. The Morgan fingerprint density at radius 1 is 0.750 bits per heavy atom. The van der Waals surface area contributed by atoms with Crippen LogP contribution in [0.4, 0.5) is 5.69 Å². The van der Waals surface area contributed by atoms with E-state index in [1.165, 1.54) is 0 Å². The summed E-state index contributed by atoms with van der Waals surface area (Å²) < 4.78 is 2.28. The van der Waals surface area contributed by atoms with Crippen LogP contribution in [-0.2, 0) is 6.54 Å². The van der Waals surface area contributed by atoms with Gasteiger partial charge in [0.1, 0.15) is 5.82 Å². The summed E-state index contributed by atoms with van der Waals surface area (Å²) >= 11 is 0. The Morgan fingerprint density at radius 2 is 1.45 bits per heavy atom. The summed E-state index contributed by atoms with van der Waals surface area (Å²) in [6.07, 6.45) is 8.11. The molecule has 40 heavy (non-hydrogen) atoms. The summed E-state index contributed by atoms with van der Waals surface area (Å²) in [5, 5.41) is 4.41. The second-order valence-electron chi connectivity index (χ2n) is 10.0. The van der Waals surface area contributed by atoms with Crippen LogP contribution in [0.1, 0.15) is 18.5 Å². The van der Waals surface area contributed by atoms with Crippen LogP contribution < -0.4 is 11.1 Å². The monoisotopic (exact) mass is 519 g/mol. The van der Waals surface area contributed by atoms with Gasteiger partial charge in [0.25, 0.3) is 0 Å². The van der Waals surface area contributed by atoms with Gasteiger partial charge in [-0.3, -0.25) is 0 Å². The lowest BCUT2D eigenvalue weighted by molar-refractivity contribution is 0.748. The number of hydrogen-bond acceptors (Lipinski definition) is 4. The van der Waals surface area contributed by atoms with Crippen molar-refractivity contribution in [3.05, 3.63) is 127 Å². The number of aromatic nitrogens is 3. The highest BCUT2D eigenvalue weighted by Gasteiger charge is 2.21. The number of para-hydroxylation sites is 3. The molecular formula is C35H29N5. The van der Waals surface area contributed by atoms with E-state index in [9.17, 15) is 0 Å². The number of dihydropyridines is 1. The number of nitrogens with one attached hydrogen (secondary N) is 1. The molecule has 0 bridgehead atoms. The van der Waals surface area contributed by atoms with Gasteiger partial charge in [0, 0.05) is 34.3 Å². The topological polar surface area (TPSA) is 68.8 Å². The highest BCUT2D eigenvalue weighted by Crippen LogP contribution is 2.38. The fraction of sp³-hybridized carbons (Fsp3) is 0.0857. The van der Waals surface area contributed by atoms with Gasteiger partial charge >= 0.3 is 0 Å². The number of rotatable bonds is 5. The first-order valence-corrected chi connectivity index (χ1v) is 13.7. The Hall–Kier alpha value is -5.16. The maximum Gasteiger partial charge on any atom is 0.141 e. The van der Waals surface area contributed by atoms with Crippen LogP contribution >= 0.6 is 0 Å². The normalized spacial score (nSPS) is 14.6. The van der Waals surface area contributed by atoms with Gasteiger partial charge in [-0.25, -0.2) is 9.97 Å². The van der Waals surface area contributed by atoms with Crippen molar-refractivity contribution in [3.8, 4) is 33.8 Å². The molecule has 0 spiro atoms. The van der Waals surface area contributed by atoms with Crippen LogP contribution in [0.15, 0.2) is 121 Å². The molecule has 5 heteroatoms. The molecule has 0 aliphatic carbocycles. The molecule has 194 valence electrons. The predicted octanol–water partition coefficient (Wildman–Crippen LogP) is 7.90. The Balaban J connectivity index is 1.36. The predicted molar refractivity (Wildman–Crippen MR) is 166 cm³/mol. The minimum Gasteiger partial charge on any atom is -0.398 e. The van der Waals surface area contributed by atoms with E-state index >= 15 is 0 Å². The molecule has 0 unspecified atom stereocenters. The third-order valence-electron chi connectivity index (χ3n) is 7.63. The molecule has 7 rings (SSSR count). The smallest absolute Gasteiger partial charge is 0.141 e. The van der Waals surface area contributed by atoms with Gasteiger partial charge in [-0.1, -0.05) is 78.9 Å². The number of imidazole rings is 1. The van der Waals surface area contributed by atoms with Gasteiger partial charge < -0.3 is 15.6 Å². The molecule has 1 aliphatic heterocycles. The minimum absolute atomic E-state index is 0.0638. The molecule has 5 nitrogen and oxygen atoms in total. The van der Waals surface area contributed by atoms with E-state index in [0.717, 1.165) is 73.5 Å². The summed E-state index contributed by atoms with van der Waals surface area (Å²) in [5.74, 6) is 0.983. The maximum atomic E-state index is 6.83. The molecule has 0 saturated carbocycles. The van der Waals surface area contributed by atoms with Gasteiger partial charge in [-0.15, -0.1) is 0 Å². The van der Waals surface area contributed by atoms with Crippen molar-refractivity contribution in [1.29, 1.82) is 0 Å². The molecule has 2 aromatic heterocycles. The number of allylic oxidation sites excluding steroid dienone is 2. The van der Waals surface area contributed by atoms with Gasteiger partial charge in [0.05, 0.1) is 28.3 Å². The Labute approximate surface area is 233 Å². The van der Waals surface area contributed by atoms with Crippen LogP contribution in [0.3, 0.4) is 0 Å². The highest BCUT2D eigenvalue weighted by molar-refractivity contribution is 5.96. The first kappa shape index (κ1) is 23.9. The summed E-state index contributed by atoms with van der Waals surface area (Å²) in [5.41, 5.74) is 16.9. The van der Waals surface area contributed by atoms with Crippen molar-refractivity contribution in [3.63, 3.8) is 0 Å². The van der Waals surface area contributed by atoms with E-state index in [1.54, 1.807) is 0 Å². The number of fused-ring (bicyclic) bond motifs is 2. The van der Waals surface area contributed by atoms with Crippen molar-refractivity contribution in [2.75, 3.05) is 5.73 Å². The third-order valence-corrected chi connectivity index (χ3v) is 7.63. The lowest BCUT2D eigenvalue weighted by Crippen LogP contribution is -2.18. The van der Waals surface area contributed by atoms with E-state index in [-0.39, 0.29) is 6.04 Å². The van der Waals surface area contributed by atoms with Crippen LogP contribution in [0.2, 0.25) is 0 Å². The second kappa shape index (κ2) is 9.86. The van der Waals surface area contributed by atoms with E-state index in [0.29, 0.717) is 0 Å². The quantitative estimate of drug-likeness (QED) is 0.243. The van der Waals surface area contributed by atoms with Gasteiger partial charge in [0.2, 0.25) is 0 Å². The molecule has 0 amide bonds. The second-order valence-corrected chi connectivity index (χ2v) is 10.0. The van der Waals surface area contributed by atoms with Crippen molar-refractivity contribution in [1.82, 2.24) is 19.9 Å². The van der Waals surface area contributed by atoms with Crippen molar-refractivity contribution < 1.29 is 0 Å². The maximum absolute atomic E-state index is 6.83. The summed E-state index contributed by atoms with van der Waals surface area (Å²) in [6, 6.07) is 33.5. The molecule has 0 radical (unpaired) electrons. The molecule has 3 N–H and O–H groups in total. The van der Waals surface area contributed by atoms with Crippen LogP contribution in [-0.4, -0.2) is 14.5 Å². The first-order valence-electron chi connectivity index (χ1n) is 13.7. The van der Waals surface area contributed by atoms with Crippen LogP contribution in [0.5, 0.6) is 0 Å². The summed E-state index contributed by atoms with van der Waals surface area (Å²) in [4.78, 5) is 10.1. The molecule has 3 heterocycles. The first-order chi connectivity index (χ1) is 19.7. The number of nitrogen functional groups attached to an aromatic ring is 1.